The molecule has 46 valence electrons. The van der Waals surface area contributed by atoms with Crippen LogP contribution in [0.5, 0.6) is 0 Å². The fourth-order valence-corrected chi connectivity index (χ4v) is 0.161. The maximum Gasteiger partial charge on any atom is 0.324 e. The van der Waals surface area contributed by atoms with E-state index in [9.17, 15) is 9.18 Å². The quantitative estimate of drug-likeness (QED) is 0.532. The molecule has 4 heteroatoms. The van der Waals surface area contributed by atoms with E-state index in [1.807, 2.05) is 0 Å². The van der Waals surface area contributed by atoms with Crippen LogP contribution in [0.2, 0.25) is 0 Å². The van der Waals surface area contributed by atoms with Gasteiger partial charge in [-0.2, -0.15) is 0 Å². The number of carboxylic acids is 1. The topological polar surface area (TPSA) is 63.3 Å². The fourth-order valence-electron chi connectivity index (χ4n) is 0.161. The summed E-state index contributed by atoms with van der Waals surface area (Å²) in [6.07, 6.45) is 0.862. The summed E-state index contributed by atoms with van der Waals surface area (Å²) in [6, 6.07) is -1.22. The van der Waals surface area contributed by atoms with Crippen LogP contribution in [0.4, 0.5) is 4.39 Å². The van der Waals surface area contributed by atoms with Crippen LogP contribution in [0, 0.1) is 0 Å². The lowest BCUT2D eigenvalue weighted by molar-refractivity contribution is -0.137. The Labute approximate surface area is 45.6 Å². The van der Waals surface area contributed by atoms with Gasteiger partial charge in [0, 0.05) is 0 Å². The van der Waals surface area contributed by atoms with Gasteiger partial charge in [-0.1, -0.05) is 0 Å². The summed E-state index contributed by atoms with van der Waals surface area (Å²) in [5, 5.41) is 7.97. The van der Waals surface area contributed by atoms with E-state index in [-0.39, 0.29) is 6.33 Å². The van der Waals surface area contributed by atoms with Crippen LogP contribution < -0.4 is 5.73 Å². The van der Waals surface area contributed by atoms with Gasteiger partial charge in [-0.25, -0.2) is 4.39 Å². The molecular formula is C4H6FNO2. The molecule has 0 heterocycles. The average Bonchev–Trinajstić information content (AvgIpc) is 1.67. The molecule has 0 bridgehead atoms. The number of hydrogen-bond donors (Lipinski definition) is 2. The minimum absolute atomic E-state index is 0.110. The van der Waals surface area contributed by atoms with Gasteiger partial charge >= 0.3 is 5.97 Å². The van der Waals surface area contributed by atoms with Crippen molar-refractivity contribution < 1.29 is 14.3 Å². The van der Waals surface area contributed by atoms with Gasteiger partial charge in [0.15, 0.2) is 0 Å². The monoisotopic (exact) mass is 119 g/mol. The SMILES string of the molecule is N[C@@H](/C=C\F)C(=O)O. The van der Waals surface area contributed by atoms with E-state index < -0.39 is 12.0 Å². The highest BCUT2D eigenvalue weighted by molar-refractivity contribution is 5.75. The third kappa shape index (κ3) is 2.30. The molecule has 0 aromatic rings. The number of carbonyl (C=O) groups is 1. The first kappa shape index (κ1) is 7.10. The number of hydrogen-bond acceptors (Lipinski definition) is 2. The first-order valence-corrected chi connectivity index (χ1v) is 1.93. The summed E-state index contributed by atoms with van der Waals surface area (Å²) in [4.78, 5) is 9.75. The molecule has 0 saturated carbocycles. The number of nitrogens with two attached hydrogens (primary N) is 1. The molecule has 0 aromatic heterocycles. The van der Waals surface area contributed by atoms with Crippen LogP contribution in [0.1, 0.15) is 0 Å². The second-order valence-electron chi connectivity index (χ2n) is 1.18. The number of carboxylic acid groups (broad SMARTS) is 1. The lowest BCUT2D eigenvalue weighted by Crippen LogP contribution is -2.27. The molecule has 0 aromatic carbocycles. The molecule has 0 aliphatic carbocycles. The molecule has 0 saturated heterocycles. The second-order valence-corrected chi connectivity index (χ2v) is 1.18. The molecule has 0 aliphatic heterocycles. The summed E-state index contributed by atoms with van der Waals surface area (Å²) in [5.41, 5.74) is 4.80. The molecule has 0 radical (unpaired) electrons. The van der Waals surface area contributed by atoms with Crippen molar-refractivity contribution in [1.29, 1.82) is 0 Å². The molecule has 0 fully saturated rings. The van der Waals surface area contributed by atoms with Crippen LogP contribution in [-0.4, -0.2) is 17.1 Å². The molecule has 8 heavy (non-hydrogen) atoms. The predicted molar refractivity (Wildman–Crippen MR) is 25.9 cm³/mol. The first-order valence-electron chi connectivity index (χ1n) is 1.93. The Morgan fingerprint density at radius 3 is 2.50 bits per heavy atom. The maximum atomic E-state index is 11.1. The van der Waals surface area contributed by atoms with Gasteiger partial charge in [0.25, 0.3) is 0 Å². The van der Waals surface area contributed by atoms with Crippen molar-refractivity contribution in [2.24, 2.45) is 5.73 Å². The third-order valence-corrected chi connectivity index (χ3v) is 0.565. The lowest BCUT2D eigenvalue weighted by atomic mass is 10.3. The highest BCUT2D eigenvalue weighted by Crippen LogP contribution is 1.80. The summed E-state index contributed by atoms with van der Waals surface area (Å²) in [7, 11) is 0. The van der Waals surface area contributed by atoms with E-state index in [0.29, 0.717) is 0 Å². The van der Waals surface area contributed by atoms with Crippen molar-refractivity contribution in [3.8, 4) is 0 Å². The van der Waals surface area contributed by atoms with Crippen LogP contribution in [0.15, 0.2) is 12.4 Å². The van der Waals surface area contributed by atoms with Gasteiger partial charge in [0.2, 0.25) is 0 Å². The summed E-state index contributed by atoms with van der Waals surface area (Å²) >= 11 is 0. The lowest BCUT2D eigenvalue weighted by Gasteiger charge is -1.93. The zero-order valence-electron chi connectivity index (χ0n) is 4.04. The van der Waals surface area contributed by atoms with E-state index in [0.717, 1.165) is 6.08 Å². The summed E-state index contributed by atoms with van der Waals surface area (Å²) in [5.74, 6) is -1.24. The molecule has 0 unspecified atom stereocenters. The molecule has 0 rings (SSSR count). The number of aliphatic carboxylic acids is 1. The smallest absolute Gasteiger partial charge is 0.324 e. The van der Waals surface area contributed by atoms with Crippen LogP contribution in [0.25, 0.3) is 0 Å². The Kier molecular flexibility index (Phi) is 2.79. The van der Waals surface area contributed by atoms with Crippen molar-refractivity contribution in [3.63, 3.8) is 0 Å². The largest absolute Gasteiger partial charge is 0.480 e. The minimum Gasteiger partial charge on any atom is -0.480 e. The van der Waals surface area contributed by atoms with Crippen LogP contribution in [-0.2, 0) is 4.79 Å². The van der Waals surface area contributed by atoms with Crippen molar-refractivity contribution in [3.05, 3.63) is 12.4 Å². The first-order chi connectivity index (χ1) is 3.68. The Balaban J connectivity index is 3.64. The second kappa shape index (κ2) is 3.15. The molecule has 0 amide bonds. The third-order valence-electron chi connectivity index (χ3n) is 0.565. The Morgan fingerprint density at radius 1 is 1.88 bits per heavy atom. The zero-order valence-corrected chi connectivity index (χ0v) is 4.04. The van der Waals surface area contributed by atoms with E-state index in [1.165, 1.54) is 0 Å². The van der Waals surface area contributed by atoms with Gasteiger partial charge in [-0.15, -0.1) is 0 Å². The molecule has 3 nitrogen and oxygen atoms in total. The highest BCUT2D eigenvalue weighted by atomic mass is 19.1. The molecule has 1 atom stereocenters. The minimum atomic E-state index is -1.24. The molecule has 0 spiro atoms. The Morgan fingerprint density at radius 2 is 2.38 bits per heavy atom. The van der Waals surface area contributed by atoms with E-state index >= 15 is 0 Å². The van der Waals surface area contributed by atoms with Crippen LogP contribution >= 0.6 is 0 Å². The van der Waals surface area contributed by atoms with Gasteiger partial charge in [-0.3, -0.25) is 4.79 Å². The van der Waals surface area contributed by atoms with Crippen molar-refractivity contribution in [2.75, 3.05) is 0 Å². The van der Waals surface area contributed by atoms with Crippen molar-refractivity contribution in [2.45, 2.75) is 6.04 Å². The van der Waals surface area contributed by atoms with Gasteiger partial charge < -0.3 is 10.8 Å². The van der Waals surface area contributed by atoms with E-state index in [2.05, 4.69) is 0 Å². The molecule has 3 N–H and O–H groups in total. The highest BCUT2D eigenvalue weighted by Gasteiger charge is 2.04. The molecular weight excluding hydrogens is 113 g/mol. The number of halogens is 1. The Hall–Kier alpha value is -0.900. The van der Waals surface area contributed by atoms with Gasteiger partial charge in [-0.05, 0) is 6.08 Å². The van der Waals surface area contributed by atoms with E-state index in [1.54, 1.807) is 0 Å². The standard InChI is InChI=1S/C4H6FNO2/c5-2-1-3(6)4(7)8/h1-3H,6H2,(H,7,8)/b2-1-/t3-/m0/s1. The van der Waals surface area contributed by atoms with Crippen LogP contribution in [0.3, 0.4) is 0 Å². The van der Waals surface area contributed by atoms with Gasteiger partial charge in [0.05, 0.1) is 6.33 Å². The fraction of sp³-hybridized carbons (Fsp3) is 0.250. The van der Waals surface area contributed by atoms with Crippen molar-refractivity contribution >= 4 is 5.97 Å². The van der Waals surface area contributed by atoms with Crippen molar-refractivity contribution in [1.82, 2.24) is 0 Å². The predicted octanol–water partition coefficient (Wildman–Crippen LogP) is -0.118. The number of rotatable bonds is 2. The normalized spacial score (nSPS) is 14.2. The summed E-state index contributed by atoms with van der Waals surface area (Å²) < 4.78 is 11.1. The van der Waals surface area contributed by atoms with E-state index in [4.69, 9.17) is 10.8 Å². The Bertz CT molecular complexity index is 113. The van der Waals surface area contributed by atoms with Gasteiger partial charge in [0.1, 0.15) is 6.04 Å². The average molecular weight is 119 g/mol. The molecule has 0 aliphatic rings. The maximum absolute atomic E-state index is 11.1. The summed E-state index contributed by atoms with van der Waals surface area (Å²) in [6.45, 7) is 0. The zero-order chi connectivity index (χ0) is 6.57.